The fourth-order valence-corrected chi connectivity index (χ4v) is 5.74. The standard InChI is InChI=1S/C14H23BrN2O2S2/c1-2-3-4-5-8-17-21(18,19)13-9-12(20-14(13)15)10-16-11-6-7-11/h9,11,16-17H,2-8,10H2,1H3. The Balaban J connectivity index is 1.88. The summed E-state index contributed by atoms with van der Waals surface area (Å²) in [6, 6.07) is 2.40. The van der Waals surface area contributed by atoms with E-state index >= 15 is 0 Å². The van der Waals surface area contributed by atoms with Crippen LogP contribution in [0.4, 0.5) is 0 Å². The van der Waals surface area contributed by atoms with Crippen LogP contribution in [0.3, 0.4) is 0 Å². The Morgan fingerprint density at radius 1 is 1.33 bits per heavy atom. The van der Waals surface area contributed by atoms with Crippen molar-refractivity contribution in [1.29, 1.82) is 0 Å². The minimum Gasteiger partial charge on any atom is -0.309 e. The normalized spacial score (nSPS) is 15.5. The molecular formula is C14H23BrN2O2S2. The minimum atomic E-state index is -3.39. The van der Waals surface area contributed by atoms with Crippen molar-refractivity contribution in [1.82, 2.24) is 10.0 Å². The molecule has 0 spiro atoms. The average molecular weight is 395 g/mol. The van der Waals surface area contributed by atoms with Gasteiger partial charge in [0.2, 0.25) is 10.0 Å². The van der Waals surface area contributed by atoms with E-state index in [0.29, 0.717) is 21.3 Å². The number of hydrogen-bond donors (Lipinski definition) is 2. The van der Waals surface area contributed by atoms with Gasteiger partial charge in [-0.05, 0) is 41.3 Å². The third-order valence-corrected chi connectivity index (χ3v) is 7.17. The molecule has 0 amide bonds. The summed E-state index contributed by atoms with van der Waals surface area (Å²) in [6.07, 6.45) is 6.74. The molecule has 1 aromatic rings. The Hall–Kier alpha value is 0.0500. The van der Waals surface area contributed by atoms with Crippen molar-refractivity contribution in [3.05, 3.63) is 14.7 Å². The maximum atomic E-state index is 12.3. The zero-order valence-electron chi connectivity index (χ0n) is 12.3. The molecule has 0 aliphatic heterocycles. The van der Waals surface area contributed by atoms with Gasteiger partial charge in [0.15, 0.2) is 0 Å². The van der Waals surface area contributed by atoms with E-state index in [2.05, 4.69) is 32.9 Å². The molecule has 0 atom stereocenters. The van der Waals surface area contributed by atoms with Crippen molar-refractivity contribution in [2.24, 2.45) is 0 Å². The second-order valence-corrected chi connectivity index (χ2v) is 9.65. The van der Waals surface area contributed by atoms with Crippen LogP contribution in [0.2, 0.25) is 0 Å². The van der Waals surface area contributed by atoms with Gasteiger partial charge >= 0.3 is 0 Å². The first-order chi connectivity index (χ1) is 10.0. The second kappa shape index (κ2) is 8.06. The highest BCUT2D eigenvalue weighted by Gasteiger charge is 2.23. The number of thiophene rings is 1. The molecule has 4 nitrogen and oxygen atoms in total. The molecule has 120 valence electrons. The van der Waals surface area contributed by atoms with Gasteiger partial charge in [0.25, 0.3) is 0 Å². The van der Waals surface area contributed by atoms with Crippen molar-refractivity contribution in [2.75, 3.05) is 6.54 Å². The Morgan fingerprint density at radius 2 is 2.10 bits per heavy atom. The molecule has 0 radical (unpaired) electrons. The van der Waals surface area contributed by atoms with Crippen LogP contribution in [0.5, 0.6) is 0 Å². The number of rotatable bonds is 10. The van der Waals surface area contributed by atoms with E-state index in [1.165, 1.54) is 24.2 Å². The summed E-state index contributed by atoms with van der Waals surface area (Å²) in [7, 11) is -3.39. The zero-order chi connectivity index (χ0) is 15.3. The molecule has 1 aliphatic carbocycles. The summed E-state index contributed by atoms with van der Waals surface area (Å²) in [5.41, 5.74) is 0. The van der Waals surface area contributed by atoms with E-state index in [1.54, 1.807) is 6.07 Å². The summed E-state index contributed by atoms with van der Waals surface area (Å²) in [6.45, 7) is 3.41. The number of hydrogen-bond acceptors (Lipinski definition) is 4. The first-order valence-electron chi connectivity index (χ1n) is 7.54. The first-order valence-corrected chi connectivity index (χ1v) is 10.6. The Morgan fingerprint density at radius 3 is 2.76 bits per heavy atom. The topological polar surface area (TPSA) is 58.2 Å². The molecule has 0 bridgehead atoms. The van der Waals surface area contributed by atoms with Crippen molar-refractivity contribution >= 4 is 37.3 Å². The van der Waals surface area contributed by atoms with Crippen molar-refractivity contribution in [3.63, 3.8) is 0 Å². The van der Waals surface area contributed by atoms with Gasteiger partial charge < -0.3 is 5.32 Å². The highest BCUT2D eigenvalue weighted by Crippen LogP contribution is 2.32. The molecule has 2 rings (SSSR count). The van der Waals surface area contributed by atoms with Gasteiger partial charge in [0, 0.05) is 24.0 Å². The average Bonchev–Trinajstić information content (AvgIpc) is 3.18. The second-order valence-electron chi connectivity index (χ2n) is 5.46. The first kappa shape index (κ1) is 17.4. The quantitative estimate of drug-likeness (QED) is 0.595. The Kier molecular flexibility index (Phi) is 6.68. The summed E-state index contributed by atoms with van der Waals surface area (Å²) in [4.78, 5) is 1.43. The molecule has 1 aliphatic rings. The highest BCUT2D eigenvalue weighted by molar-refractivity contribution is 9.11. The van der Waals surface area contributed by atoms with Crippen LogP contribution in [0, 0.1) is 0 Å². The molecule has 1 aromatic heterocycles. The van der Waals surface area contributed by atoms with Gasteiger partial charge in [-0.1, -0.05) is 26.2 Å². The summed E-state index contributed by atoms with van der Waals surface area (Å²) >= 11 is 4.87. The lowest BCUT2D eigenvalue weighted by Crippen LogP contribution is -2.24. The molecule has 0 aromatic carbocycles. The van der Waals surface area contributed by atoms with Crippen LogP contribution >= 0.6 is 27.3 Å². The molecule has 1 fully saturated rings. The van der Waals surface area contributed by atoms with Gasteiger partial charge in [0.05, 0.1) is 3.79 Å². The maximum absolute atomic E-state index is 12.3. The summed E-state index contributed by atoms with van der Waals surface area (Å²) < 4.78 is 28.0. The van der Waals surface area contributed by atoms with E-state index < -0.39 is 10.0 Å². The Bertz CT molecular complexity index is 553. The van der Waals surface area contributed by atoms with Crippen LogP contribution in [-0.4, -0.2) is 21.0 Å². The summed E-state index contributed by atoms with van der Waals surface area (Å²) in [5.74, 6) is 0. The predicted octanol–water partition coefficient (Wildman–Crippen LogP) is 3.62. The highest BCUT2D eigenvalue weighted by atomic mass is 79.9. The fraction of sp³-hybridized carbons (Fsp3) is 0.714. The lowest BCUT2D eigenvalue weighted by atomic mass is 10.2. The van der Waals surface area contributed by atoms with Crippen LogP contribution in [-0.2, 0) is 16.6 Å². The minimum absolute atomic E-state index is 0.371. The number of halogens is 1. The van der Waals surface area contributed by atoms with Gasteiger partial charge in [-0.3, -0.25) is 0 Å². The number of nitrogens with one attached hydrogen (secondary N) is 2. The van der Waals surface area contributed by atoms with E-state index in [1.807, 2.05) is 0 Å². The third-order valence-electron chi connectivity index (χ3n) is 3.46. The zero-order valence-corrected chi connectivity index (χ0v) is 15.5. The molecule has 1 saturated carbocycles. The van der Waals surface area contributed by atoms with Crippen LogP contribution in [0.15, 0.2) is 14.7 Å². The molecule has 21 heavy (non-hydrogen) atoms. The molecule has 0 saturated heterocycles. The van der Waals surface area contributed by atoms with Crippen LogP contribution < -0.4 is 10.0 Å². The smallest absolute Gasteiger partial charge is 0.242 e. The molecule has 1 heterocycles. The molecular weight excluding hydrogens is 372 g/mol. The monoisotopic (exact) mass is 394 g/mol. The lowest BCUT2D eigenvalue weighted by Gasteiger charge is -2.05. The van der Waals surface area contributed by atoms with E-state index in [9.17, 15) is 8.42 Å². The van der Waals surface area contributed by atoms with Crippen LogP contribution in [0.1, 0.15) is 50.3 Å². The van der Waals surface area contributed by atoms with E-state index in [4.69, 9.17) is 0 Å². The molecule has 0 unspecified atom stereocenters. The number of unbranched alkanes of at least 4 members (excludes halogenated alkanes) is 3. The van der Waals surface area contributed by atoms with Crippen molar-refractivity contribution in [3.8, 4) is 0 Å². The van der Waals surface area contributed by atoms with E-state index in [-0.39, 0.29) is 0 Å². The predicted molar refractivity (Wildman–Crippen MR) is 91.2 cm³/mol. The largest absolute Gasteiger partial charge is 0.309 e. The SMILES string of the molecule is CCCCCCNS(=O)(=O)c1cc(CNC2CC2)sc1Br. The molecule has 7 heteroatoms. The van der Waals surface area contributed by atoms with Crippen LogP contribution in [0.25, 0.3) is 0 Å². The van der Waals surface area contributed by atoms with Crippen molar-refractivity contribution < 1.29 is 8.42 Å². The fourth-order valence-electron chi connectivity index (χ4n) is 2.04. The summed E-state index contributed by atoms with van der Waals surface area (Å²) in [5, 5.41) is 3.41. The lowest BCUT2D eigenvalue weighted by molar-refractivity contribution is 0.573. The van der Waals surface area contributed by atoms with Gasteiger partial charge in [0.1, 0.15) is 4.90 Å². The van der Waals surface area contributed by atoms with Gasteiger partial charge in [-0.25, -0.2) is 13.1 Å². The molecule has 2 N–H and O–H groups in total. The Labute approximate surface area is 139 Å². The van der Waals surface area contributed by atoms with Crippen molar-refractivity contribution in [2.45, 2.75) is 62.9 Å². The third kappa shape index (κ3) is 5.63. The van der Waals surface area contributed by atoms with E-state index in [0.717, 1.165) is 37.1 Å². The maximum Gasteiger partial charge on any atom is 0.242 e. The van der Waals surface area contributed by atoms with Gasteiger partial charge in [-0.15, -0.1) is 11.3 Å². The van der Waals surface area contributed by atoms with Gasteiger partial charge in [-0.2, -0.15) is 0 Å². The number of sulfonamides is 1.